The maximum Gasteiger partial charge on any atom is 0.335 e. The lowest BCUT2D eigenvalue weighted by molar-refractivity contribution is 0.0697. The Kier molecular flexibility index (Phi) is 4.19. The third-order valence-corrected chi connectivity index (χ3v) is 4.50. The molecule has 0 fully saturated rings. The number of carboxylic acids is 1. The molecule has 0 aliphatic rings. The van der Waals surface area contributed by atoms with Crippen molar-refractivity contribution in [3.8, 4) is 5.69 Å². The lowest BCUT2D eigenvalue weighted by atomic mass is 10.2. The highest BCUT2D eigenvalue weighted by Crippen LogP contribution is 2.21. The van der Waals surface area contributed by atoms with E-state index in [9.17, 15) is 14.3 Å². The number of benzene rings is 2. The summed E-state index contributed by atoms with van der Waals surface area (Å²) in [5.41, 5.74) is 3.24. The van der Waals surface area contributed by atoms with Crippen LogP contribution in [0.2, 0.25) is 0 Å². The van der Waals surface area contributed by atoms with E-state index in [4.69, 9.17) is 0 Å². The molecule has 0 radical (unpaired) electrons. The van der Waals surface area contributed by atoms with Crippen molar-refractivity contribution in [3.63, 3.8) is 0 Å². The molecule has 7 heteroatoms. The molecule has 0 aliphatic carbocycles. The molecule has 0 unspecified atom stereocenters. The predicted octanol–water partition coefficient (Wildman–Crippen LogP) is 3.67. The number of carboxylic acid groups (broad SMARTS) is 1. The molecule has 0 bridgehead atoms. The van der Waals surface area contributed by atoms with E-state index in [2.05, 4.69) is 10.1 Å². The fraction of sp³-hybridized carbons (Fsp3) is 0.150. The van der Waals surface area contributed by atoms with E-state index in [0.29, 0.717) is 24.2 Å². The van der Waals surface area contributed by atoms with Gasteiger partial charge in [-0.3, -0.25) is 0 Å². The van der Waals surface area contributed by atoms with Crippen molar-refractivity contribution in [2.45, 2.75) is 19.9 Å². The molecule has 0 saturated carbocycles. The maximum atomic E-state index is 13.6. The number of aromatic nitrogens is 4. The number of hydrogen-bond acceptors (Lipinski definition) is 3. The van der Waals surface area contributed by atoms with E-state index >= 15 is 0 Å². The molecule has 136 valence electrons. The van der Waals surface area contributed by atoms with E-state index in [1.165, 1.54) is 12.1 Å². The van der Waals surface area contributed by atoms with Gasteiger partial charge in [0.2, 0.25) is 0 Å². The van der Waals surface area contributed by atoms with Crippen LogP contribution in [0.1, 0.15) is 28.8 Å². The Labute approximate surface area is 154 Å². The first-order chi connectivity index (χ1) is 13.1. The van der Waals surface area contributed by atoms with Crippen LogP contribution < -0.4 is 0 Å². The van der Waals surface area contributed by atoms with E-state index < -0.39 is 5.97 Å². The molecule has 0 atom stereocenters. The minimum Gasteiger partial charge on any atom is -0.478 e. The highest BCUT2D eigenvalue weighted by atomic mass is 19.1. The van der Waals surface area contributed by atoms with E-state index in [1.54, 1.807) is 41.2 Å². The number of aryl methyl sites for hydroxylation is 1. The zero-order chi connectivity index (χ0) is 19.0. The second-order valence-corrected chi connectivity index (χ2v) is 6.17. The van der Waals surface area contributed by atoms with Gasteiger partial charge in [-0.15, -0.1) is 0 Å². The third-order valence-electron chi connectivity index (χ3n) is 4.50. The second kappa shape index (κ2) is 6.68. The van der Waals surface area contributed by atoms with Crippen molar-refractivity contribution in [2.75, 3.05) is 0 Å². The van der Waals surface area contributed by atoms with E-state index in [1.807, 2.05) is 17.6 Å². The highest BCUT2D eigenvalue weighted by molar-refractivity contribution is 5.92. The average molecular weight is 364 g/mol. The molecular weight excluding hydrogens is 347 g/mol. The van der Waals surface area contributed by atoms with Crippen LogP contribution in [0.4, 0.5) is 4.39 Å². The molecule has 27 heavy (non-hydrogen) atoms. The second-order valence-electron chi connectivity index (χ2n) is 6.17. The van der Waals surface area contributed by atoms with Gasteiger partial charge < -0.3 is 9.67 Å². The van der Waals surface area contributed by atoms with E-state index in [0.717, 1.165) is 17.0 Å². The molecule has 1 N–H and O–H groups in total. The normalized spacial score (nSPS) is 11.2. The maximum absolute atomic E-state index is 13.6. The van der Waals surface area contributed by atoms with Crippen molar-refractivity contribution < 1.29 is 14.3 Å². The Morgan fingerprint density at radius 1 is 1.19 bits per heavy atom. The molecule has 6 nitrogen and oxygen atoms in total. The SMILES string of the molecule is CCn1c(Cc2ccnn2-c2cccc(F)c2)nc2cc(C(=O)O)ccc21. The van der Waals surface area contributed by atoms with Crippen LogP contribution in [0, 0.1) is 5.82 Å². The fourth-order valence-corrected chi connectivity index (χ4v) is 3.27. The highest BCUT2D eigenvalue weighted by Gasteiger charge is 2.15. The first-order valence-corrected chi connectivity index (χ1v) is 8.58. The summed E-state index contributed by atoms with van der Waals surface area (Å²) in [6.45, 7) is 2.71. The van der Waals surface area contributed by atoms with Crippen LogP contribution in [-0.4, -0.2) is 30.4 Å². The Morgan fingerprint density at radius 3 is 2.78 bits per heavy atom. The standard InChI is InChI=1S/C20H17FN4O2/c1-2-24-18-7-6-13(20(26)27)10-17(18)23-19(24)12-16-8-9-22-25(16)15-5-3-4-14(21)11-15/h3-11H,2,12H2,1H3,(H,26,27). The van der Waals surface area contributed by atoms with Gasteiger partial charge in [-0.1, -0.05) is 6.07 Å². The average Bonchev–Trinajstić information content (AvgIpc) is 3.25. The van der Waals surface area contributed by atoms with Gasteiger partial charge in [0, 0.05) is 19.2 Å². The summed E-state index contributed by atoms with van der Waals surface area (Å²) in [5, 5.41) is 13.5. The van der Waals surface area contributed by atoms with Crippen LogP contribution in [-0.2, 0) is 13.0 Å². The fourth-order valence-electron chi connectivity index (χ4n) is 3.27. The number of nitrogens with zero attached hydrogens (tertiary/aromatic N) is 4. The molecule has 0 spiro atoms. The van der Waals surface area contributed by atoms with Gasteiger partial charge in [-0.05, 0) is 49.4 Å². The minimum absolute atomic E-state index is 0.208. The summed E-state index contributed by atoms with van der Waals surface area (Å²) in [7, 11) is 0. The summed E-state index contributed by atoms with van der Waals surface area (Å²) in [6, 6.07) is 13.1. The summed E-state index contributed by atoms with van der Waals surface area (Å²) in [6.07, 6.45) is 2.16. The monoisotopic (exact) mass is 364 g/mol. The minimum atomic E-state index is -0.978. The Bertz CT molecular complexity index is 1150. The number of halogens is 1. The van der Waals surface area contributed by atoms with Crippen molar-refractivity contribution in [2.24, 2.45) is 0 Å². The van der Waals surface area contributed by atoms with Crippen molar-refractivity contribution in [1.82, 2.24) is 19.3 Å². The molecule has 2 heterocycles. The lowest BCUT2D eigenvalue weighted by Gasteiger charge is -2.09. The van der Waals surface area contributed by atoms with Crippen LogP contribution in [0.5, 0.6) is 0 Å². The number of fused-ring (bicyclic) bond motifs is 1. The molecule has 0 amide bonds. The number of carbonyl (C=O) groups is 1. The molecule has 0 saturated heterocycles. The van der Waals surface area contributed by atoms with Crippen LogP contribution >= 0.6 is 0 Å². The smallest absolute Gasteiger partial charge is 0.335 e. The molecule has 2 aromatic heterocycles. The van der Waals surface area contributed by atoms with Crippen LogP contribution in [0.3, 0.4) is 0 Å². The number of aromatic carboxylic acids is 1. The topological polar surface area (TPSA) is 72.9 Å². The van der Waals surface area contributed by atoms with Gasteiger partial charge in [0.15, 0.2) is 0 Å². The zero-order valence-electron chi connectivity index (χ0n) is 14.6. The Balaban J connectivity index is 1.76. The van der Waals surface area contributed by atoms with Crippen LogP contribution in [0.15, 0.2) is 54.7 Å². The molecule has 0 aliphatic heterocycles. The summed E-state index contributed by atoms with van der Waals surface area (Å²) >= 11 is 0. The lowest BCUT2D eigenvalue weighted by Crippen LogP contribution is -2.07. The Hall–Kier alpha value is -3.48. The quantitative estimate of drug-likeness (QED) is 0.586. The zero-order valence-corrected chi connectivity index (χ0v) is 14.6. The molecule has 4 aromatic rings. The number of hydrogen-bond donors (Lipinski definition) is 1. The summed E-state index contributed by atoms with van der Waals surface area (Å²) in [4.78, 5) is 15.9. The molecule has 4 rings (SSSR count). The largest absolute Gasteiger partial charge is 0.478 e. The molecule has 2 aromatic carbocycles. The van der Waals surface area contributed by atoms with Crippen LogP contribution in [0.25, 0.3) is 16.7 Å². The third kappa shape index (κ3) is 3.08. The van der Waals surface area contributed by atoms with E-state index in [-0.39, 0.29) is 11.4 Å². The van der Waals surface area contributed by atoms with Gasteiger partial charge in [-0.2, -0.15) is 5.10 Å². The van der Waals surface area contributed by atoms with Crippen molar-refractivity contribution >= 4 is 17.0 Å². The van der Waals surface area contributed by atoms with Crippen molar-refractivity contribution in [3.05, 3.63) is 77.6 Å². The summed E-state index contributed by atoms with van der Waals surface area (Å²) in [5.74, 6) is -0.502. The first kappa shape index (κ1) is 17.0. The van der Waals surface area contributed by atoms with Gasteiger partial charge in [0.1, 0.15) is 11.6 Å². The molecular formula is C20H17FN4O2. The first-order valence-electron chi connectivity index (χ1n) is 8.58. The van der Waals surface area contributed by atoms with Crippen molar-refractivity contribution in [1.29, 1.82) is 0 Å². The van der Waals surface area contributed by atoms with Gasteiger partial charge >= 0.3 is 5.97 Å². The summed E-state index contributed by atoms with van der Waals surface area (Å²) < 4.78 is 17.3. The van der Waals surface area contributed by atoms with Gasteiger partial charge in [0.05, 0.1) is 28.0 Å². The Morgan fingerprint density at radius 2 is 2.04 bits per heavy atom. The predicted molar refractivity (Wildman–Crippen MR) is 98.7 cm³/mol. The number of rotatable bonds is 5. The van der Waals surface area contributed by atoms with Gasteiger partial charge in [-0.25, -0.2) is 18.9 Å². The van der Waals surface area contributed by atoms with Gasteiger partial charge in [0.25, 0.3) is 0 Å². The number of imidazole rings is 1.